The summed E-state index contributed by atoms with van der Waals surface area (Å²) in [7, 11) is 0. The van der Waals surface area contributed by atoms with Crippen LogP contribution < -0.4 is 0 Å². The Morgan fingerprint density at radius 3 is 1.96 bits per heavy atom. The minimum atomic E-state index is -0.426. The third-order valence-electron chi connectivity index (χ3n) is 5.71. The number of Topliss-reactive ketones (excluding diaryl/α,β-unsaturated/α-hetero) is 1. The molecule has 0 aliphatic heterocycles. The van der Waals surface area contributed by atoms with Crippen LogP contribution in [0.1, 0.15) is 67.9 Å². The molecule has 0 spiro atoms. The van der Waals surface area contributed by atoms with Gasteiger partial charge in [0.1, 0.15) is 5.78 Å². The summed E-state index contributed by atoms with van der Waals surface area (Å²) in [4.78, 5) is 13.2. The SMILES string of the molecule is CCc1ccc(C2(c3c(CC)cccc3CC)CCCC2=O)cc1. The normalized spacial score (nSPS) is 20.5. The molecule has 0 radical (unpaired) electrons. The zero-order chi connectivity index (χ0) is 17.2. The van der Waals surface area contributed by atoms with Crippen LogP contribution in [0.5, 0.6) is 0 Å². The standard InChI is InChI=1S/C23H28O/c1-4-17-12-14-20(15-13-17)23(16-8-11-21(23)24)22-18(5-2)9-7-10-19(22)6-3/h7,9-10,12-15H,4-6,8,11,16H2,1-3H3. The van der Waals surface area contributed by atoms with Crippen molar-refractivity contribution in [3.05, 3.63) is 70.3 Å². The Labute approximate surface area is 146 Å². The average Bonchev–Trinajstić information content (AvgIpc) is 3.03. The minimum absolute atomic E-state index is 0.405. The molecule has 0 aromatic heterocycles. The van der Waals surface area contributed by atoms with Gasteiger partial charge >= 0.3 is 0 Å². The highest BCUT2D eigenvalue weighted by atomic mass is 16.1. The van der Waals surface area contributed by atoms with Crippen molar-refractivity contribution in [2.75, 3.05) is 0 Å². The predicted molar refractivity (Wildman–Crippen MR) is 101 cm³/mol. The van der Waals surface area contributed by atoms with Gasteiger partial charge in [-0.05, 0) is 59.9 Å². The second-order valence-corrected chi connectivity index (χ2v) is 6.89. The largest absolute Gasteiger partial charge is 0.298 e. The molecule has 1 aliphatic rings. The molecule has 0 N–H and O–H groups in total. The molecule has 1 heteroatoms. The van der Waals surface area contributed by atoms with Crippen LogP contribution in [0.4, 0.5) is 0 Å². The third kappa shape index (κ3) is 2.60. The summed E-state index contributed by atoms with van der Waals surface area (Å²) in [6.07, 6.45) is 5.64. The van der Waals surface area contributed by atoms with Crippen LogP contribution in [0, 0.1) is 0 Å². The van der Waals surface area contributed by atoms with E-state index in [1.54, 1.807) is 0 Å². The highest BCUT2D eigenvalue weighted by molar-refractivity contribution is 5.96. The van der Waals surface area contributed by atoms with Crippen molar-refractivity contribution >= 4 is 5.78 Å². The predicted octanol–water partition coefficient (Wildman–Crippen LogP) is 5.41. The molecule has 1 nitrogen and oxygen atoms in total. The Bertz CT molecular complexity index is 704. The molecule has 0 amide bonds. The summed E-state index contributed by atoms with van der Waals surface area (Å²) < 4.78 is 0. The van der Waals surface area contributed by atoms with Crippen molar-refractivity contribution < 1.29 is 4.79 Å². The van der Waals surface area contributed by atoms with E-state index in [9.17, 15) is 4.79 Å². The number of benzene rings is 2. The molecule has 0 saturated heterocycles. The molecule has 1 unspecified atom stereocenters. The lowest BCUT2D eigenvalue weighted by Crippen LogP contribution is -2.34. The van der Waals surface area contributed by atoms with Gasteiger partial charge in [0.25, 0.3) is 0 Å². The quantitative estimate of drug-likeness (QED) is 0.719. The molecule has 2 aromatic rings. The van der Waals surface area contributed by atoms with Crippen LogP contribution in [-0.2, 0) is 29.5 Å². The second-order valence-electron chi connectivity index (χ2n) is 6.89. The highest BCUT2D eigenvalue weighted by Gasteiger charge is 2.46. The van der Waals surface area contributed by atoms with Crippen LogP contribution in [-0.4, -0.2) is 5.78 Å². The van der Waals surface area contributed by atoms with Crippen molar-refractivity contribution in [3.63, 3.8) is 0 Å². The van der Waals surface area contributed by atoms with Crippen LogP contribution in [0.2, 0.25) is 0 Å². The lowest BCUT2D eigenvalue weighted by Gasteiger charge is -2.33. The maximum absolute atomic E-state index is 13.2. The van der Waals surface area contributed by atoms with Crippen molar-refractivity contribution in [3.8, 4) is 0 Å². The van der Waals surface area contributed by atoms with Crippen molar-refractivity contribution in [2.24, 2.45) is 0 Å². The number of hydrogen-bond donors (Lipinski definition) is 0. The van der Waals surface area contributed by atoms with Gasteiger partial charge < -0.3 is 0 Å². The molecule has 24 heavy (non-hydrogen) atoms. The Kier molecular flexibility index (Phi) is 4.89. The van der Waals surface area contributed by atoms with Crippen LogP contribution in [0.25, 0.3) is 0 Å². The van der Waals surface area contributed by atoms with E-state index in [-0.39, 0.29) is 0 Å². The number of rotatable bonds is 5. The van der Waals surface area contributed by atoms with E-state index in [2.05, 4.69) is 63.2 Å². The highest BCUT2D eigenvalue weighted by Crippen LogP contribution is 2.46. The van der Waals surface area contributed by atoms with Crippen molar-refractivity contribution in [1.82, 2.24) is 0 Å². The van der Waals surface area contributed by atoms with Gasteiger partial charge in [0.15, 0.2) is 0 Å². The Morgan fingerprint density at radius 1 is 0.875 bits per heavy atom. The fraction of sp³-hybridized carbons (Fsp3) is 0.435. The van der Waals surface area contributed by atoms with E-state index < -0.39 is 5.41 Å². The molecular formula is C23H28O. The molecule has 0 heterocycles. The summed E-state index contributed by atoms with van der Waals surface area (Å²) in [5.41, 5.74) is 6.08. The van der Waals surface area contributed by atoms with E-state index in [1.165, 1.54) is 27.8 Å². The monoisotopic (exact) mass is 320 g/mol. The van der Waals surface area contributed by atoms with Gasteiger partial charge in [0.2, 0.25) is 0 Å². The summed E-state index contributed by atoms with van der Waals surface area (Å²) in [5, 5.41) is 0. The third-order valence-corrected chi connectivity index (χ3v) is 5.71. The minimum Gasteiger partial charge on any atom is -0.298 e. The smallest absolute Gasteiger partial charge is 0.147 e. The second kappa shape index (κ2) is 6.93. The first kappa shape index (κ1) is 17.0. The zero-order valence-electron chi connectivity index (χ0n) is 15.2. The van der Waals surface area contributed by atoms with E-state index in [0.29, 0.717) is 12.2 Å². The molecular weight excluding hydrogens is 292 g/mol. The van der Waals surface area contributed by atoms with Gasteiger partial charge in [-0.3, -0.25) is 4.79 Å². The van der Waals surface area contributed by atoms with E-state index in [1.807, 2.05) is 0 Å². The average molecular weight is 320 g/mol. The zero-order valence-corrected chi connectivity index (χ0v) is 15.2. The van der Waals surface area contributed by atoms with Gasteiger partial charge in [0, 0.05) is 6.42 Å². The Morgan fingerprint density at radius 2 is 1.50 bits per heavy atom. The summed E-state index contributed by atoms with van der Waals surface area (Å²) in [6, 6.07) is 15.4. The number of carbonyl (C=O) groups excluding carboxylic acids is 1. The Balaban J connectivity index is 2.26. The van der Waals surface area contributed by atoms with Crippen LogP contribution >= 0.6 is 0 Å². The van der Waals surface area contributed by atoms with Gasteiger partial charge in [-0.2, -0.15) is 0 Å². The molecule has 126 valence electrons. The first-order valence-electron chi connectivity index (χ1n) is 9.41. The first-order chi connectivity index (χ1) is 11.7. The maximum atomic E-state index is 13.2. The first-order valence-corrected chi connectivity index (χ1v) is 9.41. The fourth-order valence-electron chi connectivity index (χ4n) is 4.40. The van der Waals surface area contributed by atoms with Crippen LogP contribution in [0.15, 0.2) is 42.5 Å². The Hall–Kier alpha value is -1.89. The number of hydrogen-bond acceptors (Lipinski definition) is 1. The van der Waals surface area contributed by atoms with Crippen LogP contribution in [0.3, 0.4) is 0 Å². The summed E-state index contributed by atoms with van der Waals surface area (Å²) in [6.45, 7) is 6.57. The topological polar surface area (TPSA) is 17.1 Å². The fourth-order valence-corrected chi connectivity index (χ4v) is 4.40. The molecule has 0 bridgehead atoms. The van der Waals surface area contributed by atoms with Gasteiger partial charge in [-0.1, -0.05) is 63.2 Å². The molecule has 1 atom stereocenters. The van der Waals surface area contributed by atoms with E-state index in [0.717, 1.165) is 32.1 Å². The van der Waals surface area contributed by atoms with Crippen molar-refractivity contribution in [1.29, 1.82) is 0 Å². The summed E-state index contributed by atoms with van der Waals surface area (Å²) in [5.74, 6) is 0.405. The number of aryl methyl sites for hydroxylation is 3. The lowest BCUT2D eigenvalue weighted by atomic mass is 9.68. The van der Waals surface area contributed by atoms with E-state index in [4.69, 9.17) is 0 Å². The molecule has 2 aromatic carbocycles. The molecule has 1 aliphatic carbocycles. The maximum Gasteiger partial charge on any atom is 0.147 e. The van der Waals surface area contributed by atoms with Crippen molar-refractivity contribution in [2.45, 2.75) is 64.7 Å². The summed E-state index contributed by atoms with van der Waals surface area (Å²) >= 11 is 0. The molecule has 1 saturated carbocycles. The molecule has 3 rings (SSSR count). The van der Waals surface area contributed by atoms with E-state index >= 15 is 0 Å². The number of carbonyl (C=O) groups is 1. The molecule has 1 fully saturated rings. The van der Waals surface area contributed by atoms with Gasteiger partial charge in [0.05, 0.1) is 5.41 Å². The van der Waals surface area contributed by atoms with Gasteiger partial charge in [-0.15, -0.1) is 0 Å². The number of ketones is 1. The lowest BCUT2D eigenvalue weighted by molar-refractivity contribution is -0.121. The van der Waals surface area contributed by atoms with Gasteiger partial charge in [-0.25, -0.2) is 0 Å².